The van der Waals surface area contributed by atoms with Gasteiger partial charge in [0.25, 0.3) is 5.91 Å². The monoisotopic (exact) mass is 361 g/mol. The van der Waals surface area contributed by atoms with Gasteiger partial charge >= 0.3 is 0 Å². The van der Waals surface area contributed by atoms with Crippen LogP contribution in [0.2, 0.25) is 0 Å². The topological polar surface area (TPSA) is 88.2 Å². The Bertz CT molecular complexity index is 834. The van der Waals surface area contributed by atoms with E-state index in [1.54, 1.807) is 37.5 Å². The zero-order chi connectivity index (χ0) is 18.4. The number of carbonyl (C=O) groups is 1. The van der Waals surface area contributed by atoms with Crippen molar-refractivity contribution < 1.29 is 13.2 Å². The number of nitrogens with one attached hydrogen (secondary N) is 2. The summed E-state index contributed by atoms with van der Waals surface area (Å²) >= 11 is 0. The summed E-state index contributed by atoms with van der Waals surface area (Å²) in [6.07, 6.45) is 3.21. The summed E-state index contributed by atoms with van der Waals surface area (Å²) in [6.45, 7) is 6.47. The van der Waals surface area contributed by atoms with Crippen molar-refractivity contribution in [3.63, 3.8) is 0 Å². The third-order valence-corrected chi connectivity index (χ3v) is 5.05. The second-order valence-corrected chi connectivity index (χ2v) is 8.03. The number of hydrogen-bond donors (Lipinski definition) is 2. The van der Waals surface area contributed by atoms with Crippen molar-refractivity contribution in [3.8, 4) is 0 Å². The summed E-state index contributed by atoms with van der Waals surface area (Å²) in [7, 11) is -3.71. The van der Waals surface area contributed by atoms with Crippen LogP contribution in [0.5, 0.6) is 0 Å². The molecule has 1 amide bonds. The van der Waals surface area contributed by atoms with Gasteiger partial charge in [0, 0.05) is 31.0 Å². The van der Waals surface area contributed by atoms with Crippen LogP contribution in [0, 0.1) is 12.8 Å². The minimum atomic E-state index is -3.71. The number of hydrogen-bond acceptors (Lipinski definition) is 4. The van der Waals surface area contributed by atoms with Gasteiger partial charge in [0.15, 0.2) is 0 Å². The molecule has 0 aliphatic heterocycles. The largest absolute Gasteiger partial charge is 0.352 e. The molecule has 0 saturated heterocycles. The Morgan fingerprint density at radius 2 is 1.84 bits per heavy atom. The number of sulfonamides is 1. The molecular weight excluding hydrogens is 338 g/mol. The highest BCUT2D eigenvalue weighted by molar-refractivity contribution is 7.89. The van der Waals surface area contributed by atoms with Crippen LogP contribution >= 0.6 is 0 Å². The molecule has 0 aliphatic rings. The Hall–Kier alpha value is -2.25. The van der Waals surface area contributed by atoms with Crippen molar-refractivity contribution in [2.24, 2.45) is 5.92 Å². The molecule has 0 fully saturated rings. The zero-order valence-electron chi connectivity index (χ0n) is 14.6. The van der Waals surface area contributed by atoms with Crippen LogP contribution in [-0.4, -0.2) is 25.9 Å². The van der Waals surface area contributed by atoms with Gasteiger partial charge in [-0.05, 0) is 48.2 Å². The van der Waals surface area contributed by atoms with Crippen LogP contribution in [0.4, 0.5) is 0 Å². The lowest BCUT2D eigenvalue weighted by molar-refractivity contribution is 0.0948. The maximum Gasteiger partial charge on any atom is 0.251 e. The Morgan fingerprint density at radius 3 is 2.48 bits per heavy atom. The van der Waals surface area contributed by atoms with Crippen molar-refractivity contribution in [1.29, 1.82) is 0 Å². The molecular formula is C18H23N3O3S. The Balaban J connectivity index is 2.18. The van der Waals surface area contributed by atoms with Gasteiger partial charge in [0.1, 0.15) is 0 Å². The lowest BCUT2D eigenvalue weighted by Crippen LogP contribution is -2.28. The molecule has 7 heteroatoms. The number of nitrogens with zero attached hydrogens (tertiary/aromatic N) is 1. The summed E-state index contributed by atoms with van der Waals surface area (Å²) in [5, 5.41) is 2.81. The van der Waals surface area contributed by atoms with E-state index < -0.39 is 10.0 Å². The molecule has 2 rings (SSSR count). The number of pyridine rings is 1. The number of aromatic nitrogens is 1. The van der Waals surface area contributed by atoms with Gasteiger partial charge in [-0.2, -0.15) is 0 Å². The first kappa shape index (κ1) is 19.1. The molecule has 1 heterocycles. The number of rotatable bonds is 7. The van der Waals surface area contributed by atoms with E-state index in [-0.39, 0.29) is 17.3 Å². The van der Waals surface area contributed by atoms with E-state index in [2.05, 4.69) is 15.0 Å². The average Bonchev–Trinajstić information content (AvgIpc) is 2.59. The number of benzene rings is 1. The second-order valence-electron chi connectivity index (χ2n) is 6.26. The predicted octanol–water partition coefficient (Wildman–Crippen LogP) is 2.25. The van der Waals surface area contributed by atoms with Crippen LogP contribution in [0.3, 0.4) is 0 Å². The lowest BCUT2D eigenvalue weighted by atomic mass is 10.1. The first-order valence-electron chi connectivity index (χ1n) is 8.07. The highest BCUT2D eigenvalue weighted by Crippen LogP contribution is 2.16. The molecule has 0 radical (unpaired) electrons. The van der Waals surface area contributed by atoms with E-state index in [1.807, 2.05) is 13.8 Å². The molecule has 0 unspecified atom stereocenters. The fraction of sp³-hybridized carbons (Fsp3) is 0.333. The number of aryl methyl sites for hydroxylation is 1. The van der Waals surface area contributed by atoms with Crippen LogP contribution in [0.15, 0.2) is 47.6 Å². The maximum atomic E-state index is 12.5. The maximum absolute atomic E-state index is 12.5. The molecule has 0 aliphatic carbocycles. The fourth-order valence-corrected chi connectivity index (χ4v) is 3.21. The molecule has 6 nitrogen and oxygen atoms in total. The normalized spacial score (nSPS) is 11.5. The number of amides is 1. The molecule has 25 heavy (non-hydrogen) atoms. The molecule has 2 N–H and O–H groups in total. The van der Waals surface area contributed by atoms with Gasteiger partial charge < -0.3 is 5.32 Å². The van der Waals surface area contributed by atoms with Gasteiger partial charge in [0.05, 0.1) is 4.90 Å². The lowest BCUT2D eigenvalue weighted by Gasteiger charge is -2.12. The van der Waals surface area contributed by atoms with E-state index in [9.17, 15) is 13.2 Å². The summed E-state index contributed by atoms with van der Waals surface area (Å²) < 4.78 is 27.5. The van der Waals surface area contributed by atoms with Crippen LogP contribution in [0.25, 0.3) is 0 Å². The third kappa shape index (κ3) is 5.37. The zero-order valence-corrected chi connectivity index (χ0v) is 15.4. The van der Waals surface area contributed by atoms with Gasteiger partial charge in [-0.25, -0.2) is 13.1 Å². The number of carbonyl (C=O) groups excluding carboxylic acids is 1. The van der Waals surface area contributed by atoms with E-state index in [0.717, 1.165) is 11.1 Å². The third-order valence-electron chi connectivity index (χ3n) is 3.65. The highest BCUT2D eigenvalue weighted by atomic mass is 32.2. The smallest absolute Gasteiger partial charge is 0.251 e. The summed E-state index contributed by atoms with van der Waals surface area (Å²) in [6, 6.07) is 8.04. The molecule has 0 saturated carbocycles. The van der Waals surface area contributed by atoms with Gasteiger partial charge in [-0.15, -0.1) is 0 Å². The van der Waals surface area contributed by atoms with Crippen molar-refractivity contribution >= 4 is 15.9 Å². The minimum absolute atomic E-state index is 0.0712. The average molecular weight is 361 g/mol. The quantitative estimate of drug-likeness (QED) is 0.792. The van der Waals surface area contributed by atoms with Gasteiger partial charge in [-0.1, -0.05) is 19.9 Å². The predicted molar refractivity (Wildman–Crippen MR) is 96.6 cm³/mol. The van der Waals surface area contributed by atoms with Crippen molar-refractivity contribution in [3.05, 3.63) is 59.4 Å². The molecule has 0 spiro atoms. The summed E-state index contributed by atoms with van der Waals surface area (Å²) in [5.74, 6) is 0.0515. The molecule has 1 aromatic heterocycles. The second kappa shape index (κ2) is 8.22. The molecule has 0 bridgehead atoms. The van der Waals surface area contributed by atoms with Crippen molar-refractivity contribution in [1.82, 2.24) is 15.0 Å². The van der Waals surface area contributed by atoms with Crippen LogP contribution in [-0.2, 0) is 16.6 Å². The van der Waals surface area contributed by atoms with Crippen LogP contribution < -0.4 is 10.0 Å². The molecule has 134 valence electrons. The van der Waals surface area contributed by atoms with Crippen molar-refractivity contribution in [2.75, 3.05) is 6.54 Å². The fourth-order valence-electron chi connectivity index (χ4n) is 2.17. The summed E-state index contributed by atoms with van der Waals surface area (Å²) in [5.41, 5.74) is 1.90. The summed E-state index contributed by atoms with van der Waals surface area (Å²) in [4.78, 5) is 16.3. The van der Waals surface area contributed by atoms with E-state index in [1.165, 1.54) is 12.1 Å². The van der Waals surface area contributed by atoms with Gasteiger partial charge in [0.2, 0.25) is 10.0 Å². The Morgan fingerprint density at radius 1 is 1.16 bits per heavy atom. The molecule has 1 aromatic carbocycles. The van der Waals surface area contributed by atoms with Crippen molar-refractivity contribution in [2.45, 2.75) is 32.2 Å². The first-order valence-corrected chi connectivity index (χ1v) is 9.55. The van der Waals surface area contributed by atoms with Gasteiger partial charge in [-0.3, -0.25) is 9.78 Å². The van der Waals surface area contributed by atoms with E-state index >= 15 is 0 Å². The van der Waals surface area contributed by atoms with Crippen LogP contribution in [0.1, 0.15) is 35.3 Å². The highest BCUT2D eigenvalue weighted by Gasteiger charge is 2.18. The minimum Gasteiger partial charge on any atom is -0.352 e. The first-order chi connectivity index (χ1) is 11.8. The SMILES string of the molecule is Cc1ccc(S(=O)(=O)NCc2ccncc2)cc1C(=O)NCC(C)C. The molecule has 2 aromatic rings. The standard InChI is InChI=1S/C18H23N3O3S/c1-13(2)11-20-18(22)17-10-16(5-4-14(17)3)25(23,24)21-12-15-6-8-19-9-7-15/h4-10,13,21H,11-12H2,1-3H3,(H,20,22). The van der Waals surface area contributed by atoms with E-state index in [0.29, 0.717) is 18.0 Å². The molecule has 0 atom stereocenters. The Kier molecular flexibility index (Phi) is 6.27. The Labute approximate surface area is 148 Å². The van der Waals surface area contributed by atoms with E-state index in [4.69, 9.17) is 0 Å².